The van der Waals surface area contributed by atoms with E-state index in [1.165, 1.54) is 23.8 Å². The van der Waals surface area contributed by atoms with Crippen LogP contribution >= 0.6 is 0 Å². The standard InChI is InChI=1S/C12H14N2.CHN/c1-2-14-8-11-10(9-6-7-9)4-3-5-12(11)13-14;1-2/h3-5,8-9H,2,6-7H2,1H3;1H. The third-order valence-electron chi connectivity index (χ3n) is 2.97. The van der Waals surface area contributed by atoms with Crippen molar-refractivity contribution in [2.24, 2.45) is 0 Å². The van der Waals surface area contributed by atoms with Gasteiger partial charge in [0.05, 0.1) is 5.52 Å². The Morgan fingerprint density at radius 2 is 2.19 bits per heavy atom. The number of fused-ring (bicyclic) bond motifs is 1. The molecule has 0 atom stereocenters. The van der Waals surface area contributed by atoms with E-state index in [0.717, 1.165) is 18.0 Å². The van der Waals surface area contributed by atoms with Crippen molar-refractivity contribution in [1.82, 2.24) is 9.78 Å². The molecule has 2 aromatic rings. The van der Waals surface area contributed by atoms with Crippen molar-refractivity contribution in [1.29, 1.82) is 5.26 Å². The Morgan fingerprint density at radius 3 is 2.81 bits per heavy atom. The molecule has 1 aliphatic carbocycles. The lowest BCUT2D eigenvalue weighted by molar-refractivity contribution is 0.668. The van der Waals surface area contributed by atoms with E-state index in [1.807, 2.05) is 4.68 Å². The molecule has 0 N–H and O–H groups in total. The first kappa shape index (κ1) is 10.7. The van der Waals surface area contributed by atoms with E-state index in [9.17, 15) is 0 Å². The maximum atomic E-state index is 6.50. The van der Waals surface area contributed by atoms with Gasteiger partial charge in [-0.05, 0) is 37.3 Å². The van der Waals surface area contributed by atoms with E-state index >= 15 is 0 Å². The summed E-state index contributed by atoms with van der Waals surface area (Å²) in [5, 5.41) is 12.4. The highest BCUT2D eigenvalue weighted by Gasteiger charge is 2.25. The molecular weight excluding hydrogens is 198 g/mol. The van der Waals surface area contributed by atoms with Gasteiger partial charge in [-0.15, -0.1) is 0 Å². The number of aryl methyl sites for hydroxylation is 1. The van der Waals surface area contributed by atoms with Gasteiger partial charge in [-0.25, -0.2) is 5.26 Å². The summed E-state index contributed by atoms with van der Waals surface area (Å²) in [6, 6.07) is 6.48. The van der Waals surface area contributed by atoms with Crippen LogP contribution in [-0.2, 0) is 6.54 Å². The quantitative estimate of drug-likeness (QED) is 0.769. The molecule has 0 amide bonds. The highest BCUT2D eigenvalue weighted by atomic mass is 15.3. The maximum absolute atomic E-state index is 6.50. The van der Waals surface area contributed by atoms with Gasteiger partial charge in [0.25, 0.3) is 0 Å². The number of nitrogens with zero attached hydrogens (tertiary/aromatic N) is 3. The summed E-state index contributed by atoms with van der Waals surface area (Å²) < 4.78 is 2.02. The fourth-order valence-electron chi connectivity index (χ4n) is 2.03. The van der Waals surface area contributed by atoms with Gasteiger partial charge >= 0.3 is 0 Å². The van der Waals surface area contributed by atoms with Gasteiger partial charge in [0.15, 0.2) is 0 Å². The largest absolute Gasteiger partial charge is 0.272 e. The number of nitriles is 1. The zero-order chi connectivity index (χ0) is 11.5. The van der Waals surface area contributed by atoms with E-state index < -0.39 is 0 Å². The highest BCUT2D eigenvalue weighted by molar-refractivity contribution is 5.82. The minimum atomic E-state index is 0.813. The molecule has 0 radical (unpaired) electrons. The molecule has 0 spiro atoms. The first-order valence-corrected chi connectivity index (χ1v) is 5.60. The first-order valence-electron chi connectivity index (χ1n) is 5.60. The molecule has 1 heterocycles. The minimum Gasteiger partial charge on any atom is -0.272 e. The topological polar surface area (TPSA) is 41.6 Å². The predicted octanol–water partition coefficient (Wildman–Crippen LogP) is 3.07. The molecule has 0 bridgehead atoms. The van der Waals surface area contributed by atoms with Crippen molar-refractivity contribution < 1.29 is 0 Å². The fourth-order valence-corrected chi connectivity index (χ4v) is 2.03. The van der Waals surface area contributed by atoms with Crippen LogP contribution in [0, 0.1) is 11.8 Å². The van der Waals surface area contributed by atoms with Crippen LogP contribution in [-0.4, -0.2) is 9.78 Å². The number of hydrogen-bond donors (Lipinski definition) is 0. The molecule has 3 nitrogen and oxygen atoms in total. The second-order valence-corrected chi connectivity index (χ2v) is 4.04. The first-order chi connectivity index (χ1) is 7.88. The molecule has 1 aromatic carbocycles. The van der Waals surface area contributed by atoms with Gasteiger partial charge in [-0.3, -0.25) is 4.68 Å². The number of aromatic nitrogens is 2. The third-order valence-corrected chi connectivity index (χ3v) is 2.97. The smallest absolute Gasteiger partial charge is 0.0926 e. The number of benzene rings is 1. The summed E-state index contributed by atoms with van der Waals surface area (Å²) in [6.45, 7) is 6.58. The lowest BCUT2D eigenvalue weighted by Gasteiger charge is -1.97. The van der Waals surface area contributed by atoms with E-state index in [1.54, 1.807) is 0 Å². The molecular formula is C13H15N3. The Hall–Kier alpha value is -1.82. The van der Waals surface area contributed by atoms with Gasteiger partial charge in [0.2, 0.25) is 0 Å². The van der Waals surface area contributed by atoms with E-state index in [2.05, 4.69) is 43.0 Å². The molecule has 1 aromatic heterocycles. The molecule has 1 aliphatic rings. The van der Waals surface area contributed by atoms with Crippen LogP contribution in [0.15, 0.2) is 24.4 Å². The lowest BCUT2D eigenvalue weighted by atomic mass is 10.1. The van der Waals surface area contributed by atoms with Crippen LogP contribution in [0.2, 0.25) is 0 Å². The lowest BCUT2D eigenvalue weighted by Crippen LogP contribution is -1.92. The minimum absolute atomic E-state index is 0.813. The average Bonchev–Trinajstić information content (AvgIpc) is 3.09. The fraction of sp³-hybridized carbons (Fsp3) is 0.385. The van der Waals surface area contributed by atoms with Crippen LogP contribution in [0.3, 0.4) is 0 Å². The van der Waals surface area contributed by atoms with Crippen molar-refractivity contribution in [2.45, 2.75) is 32.2 Å². The zero-order valence-electron chi connectivity index (χ0n) is 9.43. The molecule has 1 saturated carbocycles. The summed E-state index contributed by atoms with van der Waals surface area (Å²) in [5.74, 6) is 0.813. The van der Waals surface area contributed by atoms with Crippen molar-refractivity contribution in [3.63, 3.8) is 0 Å². The van der Waals surface area contributed by atoms with Gasteiger partial charge in [0, 0.05) is 24.7 Å². The predicted molar refractivity (Wildman–Crippen MR) is 64.1 cm³/mol. The Bertz CT molecular complexity index is 506. The Labute approximate surface area is 95.3 Å². The molecule has 0 saturated heterocycles. The summed E-state index contributed by atoms with van der Waals surface area (Å²) in [4.78, 5) is 0. The molecule has 0 aliphatic heterocycles. The summed E-state index contributed by atoms with van der Waals surface area (Å²) in [6.07, 6.45) is 4.90. The van der Waals surface area contributed by atoms with Crippen LogP contribution in [0.1, 0.15) is 31.2 Å². The Balaban J connectivity index is 0.000000457. The molecule has 1 fully saturated rings. The SMILES string of the molecule is C#N.CCn1cc2c(C3CC3)cccc2n1. The average molecular weight is 213 g/mol. The molecule has 3 rings (SSSR count). The van der Waals surface area contributed by atoms with Crippen molar-refractivity contribution in [2.75, 3.05) is 0 Å². The van der Waals surface area contributed by atoms with Crippen molar-refractivity contribution >= 4 is 10.9 Å². The summed E-state index contributed by atoms with van der Waals surface area (Å²) >= 11 is 0. The molecule has 3 heteroatoms. The normalized spacial score (nSPS) is 14.4. The van der Waals surface area contributed by atoms with E-state index in [-0.39, 0.29) is 0 Å². The highest BCUT2D eigenvalue weighted by Crippen LogP contribution is 2.42. The van der Waals surface area contributed by atoms with Gasteiger partial charge in [-0.1, -0.05) is 12.1 Å². The van der Waals surface area contributed by atoms with Gasteiger partial charge in [0.1, 0.15) is 0 Å². The van der Waals surface area contributed by atoms with Gasteiger partial charge < -0.3 is 0 Å². The monoisotopic (exact) mass is 213 g/mol. The van der Waals surface area contributed by atoms with Gasteiger partial charge in [-0.2, -0.15) is 5.10 Å². The summed E-state index contributed by atoms with van der Waals surface area (Å²) in [7, 11) is 0. The third kappa shape index (κ3) is 1.79. The molecule has 0 unspecified atom stereocenters. The Kier molecular flexibility index (Phi) is 2.91. The maximum Gasteiger partial charge on any atom is 0.0926 e. The Morgan fingerprint density at radius 1 is 1.44 bits per heavy atom. The zero-order valence-corrected chi connectivity index (χ0v) is 9.43. The molecule has 16 heavy (non-hydrogen) atoms. The van der Waals surface area contributed by atoms with E-state index in [4.69, 9.17) is 5.26 Å². The van der Waals surface area contributed by atoms with Crippen molar-refractivity contribution in [3.8, 4) is 6.57 Å². The van der Waals surface area contributed by atoms with Crippen LogP contribution in [0.4, 0.5) is 0 Å². The van der Waals surface area contributed by atoms with Crippen LogP contribution < -0.4 is 0 Å². The second-order valence-electron chi connectivity index (χ2n) is 4.04. The second kappa shape index (κ2) is 4.36. The summed E-state index contributed by atoms with van der Waals surface area (Å²) in [5.41, 5.74) is 2.65. The van der Waals surface area contributed by atoms with Crippen LogP contribution in [0.5, 0.6) is 0 Å². The van der Waals surface area contributed by atoms with Crippen LogP contribution in [0.25, 0.3) is 10.9 Å². The number of hydrogen-bond acceptors (Lipinski definition) is 2. The van der Waals surface area contributed by atoms with E-state index in [0.29, 0.717) is 0 Å². The van der Waals surface area contributed by atoms with Crippen molar-refractivity contribution in [3.05, 3.63) is 30.0 Å². The number of rotatable bonds is 2. The molecule has 82 valence electrons.